The number of nitrogens with zero attached hydrogens (tertiary/aromatic N) is 3. The summed E-state index contributed by atoms with van der Waals surface area (Å²) in [6.07, 6.45) is 0.648. The largest absolute Gasteiger partial charge is 0.490 e. The van der Waals surface area contributed by atoms with Crippen LogP contribution in [-0.2, 0) is 40.1 Å². The lowest BCUT2D eigenvalue weighted by atomic mass is 10.0. The smallest absolute Gasteiger partial charge is 0.475 e. The van der Waals surface area contributed by atoms with Gasteiger partial charge in [0.25, 0.3) is 5.91 Å². The van der Waals surface area contributed by atoms with Gasteiger partial charge in [0, 0.05) is 74.4 Å². The van der Waals surface area contributed by atoms with E-state index in [2.05, 4.69) is 27.8 Å². The van der Waals surface area contributed by atoms with E-state index in [9.17, 15) is 46.7 Å². The van der Waals surface area contributed by atoms with E-state index in [1.54, 1.807) is 21.9 Å². The third-order valence-electron chi connectivity index (χ3n) is 11.9. The number of carboxylic acids is 1. The van der Waals surface area contributed by atoms with Crippen molar-refractivity contribution in [3.63, 3.8) is 0 Å². The Morgan fingerprint density at radius 3 is 2.14 bits per heavy atom. The fraction of sp³-hybridized carbons (Fsp3) is 0.404. The Morgan fingerprint density at radius 2 is 1.52 bits per heavy atom. The lowest BCUT2D eigenvalue weighted by Crippen LogP contribution is -2.58. The van der Waals surface area contributed by atoms with Gasteiger partial charge in [-0.2, -0.15) is 13.2 Å². The molecular weight excluding hydrogens is 864 g/mol. The van der Waals surface area contributed by atoms with Crippen molar-refractivity contribution in [3.05, 3.63) is 83.4 Å². The summed E-state index contributed by atoms with van der Waals surface area (Å²) >= 11 is 0. The summed E-state index contributed by atoms with van der Waals surface area (Å²) in [5.74, 6) is 1.91. The SMILES string of the molecule is CC(=O)N1CC[C@H]2CC[C@@H](C(=O)Nc3ccc(-c4ccc(NC(=O)CCCCCC#Cc5cccc6c5CN(C5CCC(=O)NC5=O)C6=O)cc4)cc3)N2C(=O)[C@@H](N)C1.O=C(O)C(F)(F)F. The highest BCUT2D eigenvalue weighted by Gasteiger charge is 2.44. The first kappa shape index (κ1) is 48.4. The Labute approximate surface area is 378 Å². The van der Waals surface area contributed by atoms with Crippen LogP contribution in [0.15, 0.2) is 66.7 Å². The highest BCUT2D eigenvalue weighted by molar-refractivity contribution is 6.05. The number of benzene rings is 3. The van der Waals surface area contributed by atoms with Gasteiger partial charge < -0.3 is 36.2 Å². The summed E-state index contributed by atoms with van der Waals surface area (Å²) < 4.78 is 31.7. The highest BCUT2D eigenvalue weighted by atomic mass is 19.4. The molecule has 3 aromatic rings. The number of hydrogen-bond donors (Lipinski definition) is 5. The molecule has 348 valence electrons. The predicted octanol–water partition coefficient (Wildman–Crippen LogP) is 4.57. The number of carbonyl (C=O) groups is 8. The first-order valence-corrected chi connectivity index (χ1v) is 21.6. The van der Waals surface area contributed by atoms with Gasteiger partial charge in [0.1, 0.15) is 18.1 Å². The van der Waals surface area contributed by atoms with Crippen molar-refractivity contribution >= 4 is 58.7 Å². The van der Waals surface area contributed by atoms with Crippen molar-refractivity contribution in [2.45, 2.75) is 108 Å². The number of piperidine rings is 1. The molecule has 7 amide bonds. The Morgan fingerprint density at radius 1 is 0.864 bits per heavy atom. The summed E-state index contributed by atoms with van der Waals surface area (Å²) in [7, 11) is 0. The number of rotatable bonds is 10. The maximum atomic E-state index is 13.4. The second-order valence-electron chi connectivity index (χ2n) is 16.4. The quantitative estimate of drug-likeness (QED) is 0.108. The summed E-state index contributed by atoms with van der Waals surface area (Å²) in [4.78, 5) is 102. The Balaban J connectivity index is 0.000000952. The standard InChI is InChI=1S/C45H49N7O7.C2HF3O2/c1-28(53)50-25-24-34-20-21-39(52(34)45(59)37(46)27-50)43(57)48-33-18-14-30(15-19-33)29-12-16-32(17-13-29)47-40(54)11-6-4-2-3-5-8-31-9-7-10-35-36(31)26-51(44(35)58)38-22-23-41(55)49-42(38)56;3-2(4,5)1(6)7/h7,9-10,12-19,34,37-39H,2-4,6,11,20-27,46H2,1H3,(H,47,54)(H,48,57)(H,49,55,56);(H,6,7)/t34-,37+,38?,39+;/m1./s1. The number of aliphatic carboxylic acids is 1. The number of unbranched alkanes of at least 4 members (excludes halogenated alkanes) is 3. The molecule has 0 saturated carbocycles. The van der Waals surface area contributed by atoms with Crippen LogP contribution < -0.4 is 21.7 Å². The van der Waals surface area contributed by atoms with Gasteiger partial charge in [0.05, 0.1) is 0 Å². The maximum absolute atomic E-state index is 13.4. The summed E-state index contributed by atoms with van der Waals surface area (Å²) in [5.41, 5.74) is 11.5. The van der Waals surface area contributed by atoms with Crippen LogP contribution in [0.3, 0.4) is 0 Å². The molecule has 4 aliphatic rings. The molecule has 4 heterocycles. The van der Waals surface area contributed by atoms with Crippen molar-refractivity contribution < 1.29 is 56.6 Å². The molecule has 0 radical (unpaired) electrons. The van der Waals surface area contributed by atoms with E-state index in [0.717, 1.165) is 35.1 Å². The number of amides is 7. The molecule has 3 fully saturated rings. The number of alkyl halides is 3. The van der Waals surface area contributed by atoms with Gasteiger partial charge >= 0.3 is 12.1 Å². The predicted molar refractivity (Wildman–Crippen MR) is 234 cm³/mol. The number of nitrogens with one attached hydrogen (secondary N) is 3. The number of carbonyl (C=O) groups excluding carboxylic acids is 7. The van der Waals surface area contributed by atoms with Crippen LogP contribution in [0.2, 0.25) is 0 Å². The van der Waals surface area contributed by atoms with Gasteiger partial charge in [-0.25, -0.2) is 4.79 Å². The third-order valence-corrected chi connectivity index (χ3v) is 11.9. The number of halogens is 3. The molecule has 3 saturated heterocycles. The van der Waals surface area contributed by atoms with E-state index in [4.69, 9.17) is 15.6 Å². The van der Waals surface area contributed by atoms with Gasteiger partial charge in [-0.1, -0.05) is 48.6 Å². The summed E-state index contributed by atoms with van der Waals surface area (Å²) in [5, 5.41) is 15.4. The van der Waals surface area contributed by atoms with Crippen LogP contribution >= 0.6 is 0 Å². The van der Waals surface area contributed by atoms with E-state index >= 15 is 0 Å². The topological polar surface area (TPSA) is 229 Å². The zero-order valence-electron chi connectivity index (χ0n) is 36.1. The lowest BCUT2D eigenvalue weighted by Gasteiger charge is -2.37. The molecular formula is C47H50F3N7O9. The number of carboxylic acid groups (broad SMARTS) is 1. The number of nitrogens with two attached hydrogens (primary N) is 1. The molecule has 6 N–H and O–H groups in total. The first-order chi connectivity index (χ1) is 31.4. The van der Waals surface area contributed by atoms with Gasteiger partial charge in [0.15, 0.2) is 0 Å². The van der Waals surface area contributed by atoms with Crippen LogP contribution in [0.1, 0.15) is 92.6 Å². The Bertz CT molecular complexity index is 2430. The Kier molecular flexibility index (Phi) is 15.6. The normalized spacial score (nSPS) is 20.3. The van der Waals surface area contributed by atoms with E-state index < -0.39 is 36.2 Å². The van der Waals surface area contributed by atoms with Gasteiger partial charge in [-0.15, -0.1) is 0 Å². The van der Waals surface area contributed by atoms with E-state index in [-0.39, 0.29) is 61.0 Å². The molecule has 19 heteroatoms. The number of fused-ring (bicyclic) bond motifs is 2. The van der Waals surface area contributed by atoms with Crippen molar-refractivity contribution in [1.82, 2.24) is 20.0 Å². The van der Waals surface area contributed by atoms with Crippen molar-refractivity contribution in [1.29, 1.82) is 0 Å². The molecule has 66 heavy (non-hydrogen) atoms. The van der Waals surface area contributed by atoms with Crippen molar-refractivity contribution in [2.24, 2.45) is 5.73 Å². The van der Waals surface area contributed by atoms with Crippen LogP contribution in [0.25, 0.3) is 11.1 Å². The van der Waals surface area contributed by atoms with Crippen LogP contribution in [0.4, 0.5) is 24.5 Å². The second-order valence-corrected chi connectivity index (χ2v) is 16.4. The molecule has 16 nitrogen and oxygen atoms in total. The molecule has 4 aliphatic heterocycles. The average Bonchev–Trinajstić information content (AvgIpc) is 3.85. The van der Waals surface area contributed by atoms with Crippen molar-refractivity contribution in [3.8, 4) is 23.0 Å². The molecule has 0 aromatic heterocycles. The van der Waals surface area contributed by atoms with E-state index in [1.165, 1.54) is 11.8 Å². The minimum Gasteiger partial charge on any atom is -0.475 e. The van der Waals surface area contributed by atoms with Gasteiger partial charge in [0.2, 0.25) is 35.4 Å². The summed E-state index contributed by atoms with van der Waals surface area (Å²) in [6, 6.07) is 18.1. The zero-order valence-corrected chi connectivity index (χ0v) is 36.1. The maximum Gasteiger partial charge on any atom is 0.490 e. The van der Waals surface area contributed by atoms with Crippen LogP contribution in [0, 0.1) is 11.8 Å². The third kappa shape index (κ3) is 12.0. The zero-order chi connectivity index (χ0) is 47.7. The number of imide groups is 1. The number of anilines is 2. The van der Waals surface area contributed by atoms with Crippen LogP contribution in [-0.4, -0.2) is 111 Å². The second kappa shape index (κ2) is 21.3. The monoisotopic (exact) mass is 913 g/mol. The fourth-order valence-electron chi connectivity index (χ4n) is 8.42. The minimum absolute atomic E-state index is 0.0694. The first-order valence-electron chi connectivity index (χ1n) is 21.6. The Hall–Kier alpha value is -7.07. The molecule has 0 bridgehead atoms. The molecule has 0 aliphatic carbocycles. The highest BCUT2D eigenvalue weighted by Crippen LogP contribution is 2.32. The van der Waals surface area contributed by atoms with Crippen molar-refractivity contribution in [2.75, 3.05) is 23.7 Å². The lowest BCUT2D eigenvalue weighted by molar-refractivity contribution is -0.192. The molecule has 4 atom stereocenters. The fourth-order valence-corrected chi connectivity index (χ4v) is 8.42. The summed E-state index contributed by atoms with van der Waals surface area (Å²) in [6.45, 7) is 2.40. The van der Waals surface area contributed by atoms with E-state index in [0.29, 0.717) is 68.4 Å². The molecule has 7 rings (SSSR count). The molecule has 3 aromatic carbocycles. The average molecular weight is 914 g/mol. The molecule has 0 spiro atoms. The minimum atomic E-state index is -5.08. The molecule has 1 unspecified atom stereocenters. The van der Waals surface area contributed by atoms with Gasteiger partial charge in [-0.3, -0.25) is 38.9 Å². The van der Waals surface area contributed by atoms with Crippen LogP contribution in [0.5, 0.6) is 0 Å². The number of hydrogen-bond acceptors (Lipinski definition) is 9. The van der Waals surface area contributed by atoms with Gasteiger partial charge in [-0.05, 0) is 91.6 Å². The van der Waals surface area contributed by atoms with E-state index in [1.807, 2.05) is 54.6 Å².